The summed E-state index contributed by atoms with van der Waals surface area (Å²) in [6, 6.07) is 0. The van der Waals surface area contributed by atoms with E-state index in [1.54, 1.807) is 6.08 Å². The van der Waals surface area contributed by atoms with Crippen molar-refractivity contribution in [3.8, 4) is 0 Å². The zero-order valence-corrected chi connectivity index (χ0v) is 9.58. The molecule has 0 aromatic heterocycles. The molecular formula is C13H18O2. The van der Waals surface area contributed by atoms with E-state index in [2.05, 4.69) is 13.0 Å². The molecule has 0 aromatic carbocycles. The van der Waals surface area contributed by atoms with E-state index in [1.165, 1.54) is 5.57 Å². The molecule has 15 heavy (non-hydrogen) atoms. The van der Waals surface area contributed by atoms with Crippen LogP contribution < -0.4 is 0 Å². The van der Waals surface area contributed by atoms with Crippen molar-refractivity contribution in [3.05, 3.63) is 23.3 Å². The lowest BCUT2D eigenvalue weighted by Crippen LogP contribution is -2.47. The van der Waals surface area contributed by atoms with Gasteiger partial charge in [0.05, 0.1) is 6.10 Å². The number of carbonyl (C=O) groups excluding carboxylic acids is 1. The first-order chi connectivity index (χ1) is 6.95. The van der Waals surface area contributed by atoms with Gasteiger partial charge in [0, 0.05) is 11.3 Å². The van der Waals surface area contributed by atoms with E-state index in [4.69, 9.17) is 0 Å². The maximum absolute atomic E-state index is 11.9. The van der Waals surface area contributed by atoms with Gasteiger partial charge in [0.2, 0.25) is 0 Å². The Bertz CT molecular complexity index is 365. The first-order valence-electron chi connectivity index (χ1n) is 5.51. The molecule has 0 unspecified atom stereocenters. The van der Waals surface area contributed by atoms with Crippen LogP contribution in [0.3, 0.4) is 0 Å². The van der Waals surface area contributed by atoms with Gasteiger partial charge in [-0.05, 0) is 38.3 Å². The molecule has 3 atom stereocenters. The Morgan fingerprint density at radius 2 is 2.13 bits per heavy atom. The predicted molar refractivity (Wildman–Crippen MR) is 59.4 cm³/mol. The van der Waals surface area contributed by atoms with Gasteiger partial charge in [-0.15, -0.1) is 0 Å². The summed E-state index contributed by atoms with van der Waals surface area (Å²) in [5.41, 5.74) is 1.82. The van der Waals surface area contributed by atoms with Crippen molar-refractivity contribution in [3.63, 3.8) is 0 Å². The lowest BCUT2D eigenvalue weighted by Gasteiger charge is -2.46. The summed E-state index contributed by atoms with van der Waals surface area (Å²) in [7, 11) is 0. The van der Waals surface area contributed by atoms with Crippen molar-refractivity contribution in [1.82, 2.24) is 0 Å². The Morgan fingerprint density at radius 3 is 2.80 bits per heavy atom. The van der Waals surface area contributed by atoms with E-state index in [1.807, 2.05) is 13.8 Å². The van der Waals surface area contributed by atoms with Crippen molar-refractivity contribution >= 4 is 5.78 Å². The molecule has 82 valence electrons. The summed E-state index contributed by atoms with van der Waals surface area (Å²) in [6.07, 6.45) is 4.89. The van der Waals surface area contributed by atoms with Gasteiger partial charge >= 0.3 is 0 Å². The molecule has 0 bridgehead atoms. The highest BCUT2D eigenvalue weighted by Gasteiger charge is 2.48. The summed E-state index contributed by atoms with van der Waals surface area (Å²) >= 11 is 0. The summed E-state index contributed by atoms with van der Waals surface area (Å²) < 4.78 is 0. The molecule has 2 rings (SSSR count). The van der Waals surface area contributed by atoms with Gasteiger partial charge in [-0.1, -0.05) is 18.6 Å². The monoisotopic (exact) mass is 206 g/mol. The van der Waals surface area contributed by atoms with Crippen molar-refractivity contribution in [1.29, 1.82) is 0 Å². The molecule has 2 aliphatic rings. The Kier molecular flexibility index (Phi) is 2.34. The highest BCUT2D eigenvalue weighted by Crippen LogP contribution is 2.48. The van der Waals surface area contributed by atoms with E-state index in [0.29, 0.717) is 0 Å². The lowest BCUT2D eigenvalue weighted by atomic mass is 9.59. The fourth-order valence-corrected chi connectivity index (χ4v) is 3.04. The largest absolute Gasteiger partial charge is 0.388 e. The molecule has 0 amide bonds. The minimum Gasteiger partial charge on any atom is -0.388 e. The van der Waals surface area contributed by atoms with E-state index in [0.717, 1.165) is 18.4 Å². The third kappa shape index (κ3) is 1.48. The molecule has 0 fully saturated rings. The third-order valence-electron chi connectivity index (χ3n) is 3.93. The van der Waals surface area contributed by atoms with Crippen LogP contribution in [0.4, 0.5) is 0 Å². The molecule has 1 N–H and O–H groups in total. The summed E-state index contributed by atoms with van der Waals surface area (Å²) in [4.78, 5) is 11.9. The van der Waals surface area contributed by atoms with Gasteiger partial charge in [-0.2, -0.15) is 0 Å². The van der Waals surface area contributed by atoms with Gasteiger partial charge in [-0.3, -0.25) is 4.79 Å². The van der Waals surface area contributed by atoms with Gasteiger partial charge in [0.25, 0.3) is 0 Å². The van der Waals surface area contributed by atoms with Crippen molar-refractivity contribution in [2.24, 2.45) is 11.3 Å². The van der Waals surface area contributed by atoms with Crippen molar-refractivity contribution in [2.45, 2.75) is 39.7 Å². The molecule has 0 saturated heterocycles. The highest BCUT2D eigenvalue weighted by atomic mass is 16.3. The van der Waals surface area contributed by atoms with Crippen LogP contribution in [-0.2, 0) is 4.79 Å². The Morgan fingerprint density at radius 1 is 1.47 bits per heavy atom. The Balaban J connectivity index is 2.44. The fraction of sp³-hybridized carbons (Fsp3) is 0.615. The zero-order valence-electron chi connectivity index (χ0n) is 9.58. The van der Waals surface area contributed by atoms with Crippen LogP contribution in [0.15, 0.2) is 23.3 Å². The second-order valence-electron chi connectivity index (χ2n) is 5.21. The Hall–Kier alpha value is -0.890. The standard InChI is InChI=1S/C13H18O2/c1-8-4-5-10-11(14)6-9(2)12(15)13(10,3)7-8/h4,6,10,12,15H,5,7H2,1-3H3/t10-,12+,13-/m1/s1. The maximum Gasteiger partial charge on any atom is 0.159 e. The minimum absolute atomic E-state index is 0.0279. The van der Waals surface area contributed by atoms with Crippen LogP contribution in [0.5, 0.6) is 0 Å². The fourth-order valence-electron chi connectivity index (χ4n) is 3.04. The molecule has 2 aliphatic carbocycles. The second kappa shape index (κ2) is 3.31. The first-order valence-corrected chi connectivity index (χ1v) is 5.51. The van der Waals surface area contributed by atoms with Crippen LogP contribution in [-0.4, -0.2) is 17.0 Å². The smallest absolute Gasteiger partial charge is 0.159 e. The molecule has 0 aliphatic heterocycles. The second-order valence-corrected chi connectivity index (χ2v) is 5.21. The first kappa shape index (κ1) is 10.6. The molecule has 0 saturated carbocycles. The van der Waals surface area contributed by atoms with Gasteiger partial charge in [-0.25, -0.2) is 0 Å². The van der Waals surface area contributed by atoms with Crippen LogP contribution in [0.1, 0.15) is 33.6 Å². The molecule has 0 radical (unpaired) electrons. The summed E-state index contributed by atoms with van der Waals surface area (Å²) in [5, 5.41) is 10.2. The van der Waals surface area contributed by atoms with Crippen LogP contribution >= 0.6 is 0 Å². The molecule has 2 nitrogen and oxygen atoms in total. The number of hydrogen-bond donors (Lipinski definition) is 1. The predicted octanol–water partition coefficient (Wildman–Crippen LogP) is 2.24. The number of rotatable bonds is 0. The van der Waals surface area contributed by atoms with Crippen molar-refractivity contribution < 1.29 is 9.90 Å². The number of aliphatic hydroxyl groups excluding tert-OH is 1. The number of ketones is 1. The lowest BCUT2D eigenvalue weighted by molar-refractivity contribution is -0.127. The normalized spacial score (nSPS) is 40.7. The van der Waals surface area contributed by atoms with Gasteiger partial charge in [0.15, 0.2) is 5.78 Å². The summed E-state index contributed by atoms with van der Waals surface area (Å²) in [6.45, 7) is 5.96. The SMILES string of the molecule is CC1=CC[C@@H]2C(=O)C=C(C)[C@H](O)[C@]2(C)C1. The zero-order chi connectivity index (χ0) is 11.2. The summed E-state index contributed by atoms with van der Waals surface area (Å²) in [5.74, 6) is 0.156. The van der Waals surface area contributed by atoms with E-state index < -0.39 is 6.10 Å². The molecular weight excluding hydrogens is 188 g/mol. The minimum atomic E-state index is -0.469. The quantitative estimate of drug-likeness (QED) is 0.617. The molecule has 0 heterocycles. The average molecular weight is 206 g/mol. The number of aliphatic hydroxyl groups is 1. The molecule has 0 spiro atoms. The Labute approximate surface area is 90.7 Å². The topological polar surface area (TPSA) is 37.3 Å². The van der Waals surface area contributed by atoms with Crippen LogP contribution in [0.2, 0.25) is 0 Å². The highest BCUT2D eigenvalue weighted by molar-refractivity contribution is 5.94. The van der Waals surface area contributed by atoms with Gasteiger partial charge < -0.3 is 5.11 Å². The maximum atomic E-state index is 11.9. The van der Waals surface area contributed by atoms with E-state index in [9.17, 15) is 9.90 Å². The number of hydrogen-bond acceptors (Lipinski definition) is 2. The molecule has 2 heteroatoms. The van der Waals surface area contributed by atoms with Crippen molar-refractivity contribution in [2.75, 3.05) is 0 Å². The van der Waals surface area contributed by atoms with E-state index in [-0.39, 0.29) is 17.1 Å². The number of fused-ring (bicyclic) bond motifs is 1. The van der Waals surface area contributed by atoms with Crippen LogP contribution in [0.25, 0.3) is 0 Å². The van der Waals surface area contributed by atoms with Gasteiger partial charge in [0.1, 0.15) is 0 Å². The van der Waals surface area contributed by atoms with E-state index >= 15 is 0 Å². The third-order valence-corrected chi connectivity index (χ3v) is 3.93. The number of carbonyl (C=O) groups is 1. The average Bonchev–Trinajstić information content (AvgIpc) is 2.14. The van der Waals surface area contributed by atoms with Crippen LogP contribution in [0, 0.1) is 11.3 Å². The number of allylic oxidation sites excluding steroid dienone is 3. The molecule has 0 aromatic rings.